The quantitative estimate of drug-likeness (QED) is 0.111. The van der Waals surface area contributed by atoms with E-state index in [-0.39, 0.29) is 30.9 Å². The van der Waals surface area contributed by atoms with Crippen LogP contribution in [-0.4, -0.2) is 36.7 Å². The Balaban J connectivity index is 1.62. The Hall–Kier alpha value is -3.51. The van der Waals surface area contributed by atoms with Crippen LogP contribution in [-0.2, 0) is 34.6 Å². The van der Waals surface area contributed by atoms with Gasteiger partial charge in [0.1, 0.15) is 18.3 Å². The van der Waals surface area contributed by atoms with Gasteiger partial charge in [-0.3, -0.25) is 4.79 Å². The fourth-order valence-electron chi connectivity index (χ4n) is 5.10. The summed E-state index contributed by atoms with van der Waals surface area (Å²) in [4.78, 5) is 13.5. The summed E-state index contributed by atoms with van der Waals surface area (Å²) in [7, 11) is 0.335. The van der Waals surface area contributed by atoms with Crippen LogP contribution < -0.4 is 16.0 Å². The minimum absolute atomic E-state index is 0.139. The first kappa shape index (κ1) is 30.9. The van der Waals surface area contributed by atoms with Gasteiger partial charge in [-0.15, -0.1) is 0 Å². The van der Waals surface area contributed by atoms with E-state index in [1.807, 2.05) is 10.6 Å². The molecule has 1 aliphatic heterocycles. The number of aryl methyl sites for hydroxylation is 1. The monoisotopic (exact) mass is 611 g/mol. The molecule has 5 rings (SSSR count). The first-order valence-electron chi connectivity index (χ1n) is 14.6. The Morgan fingerprint density at radius 2 is 1.84 bits per heavy atom. The highest BCUT2D eigenvalue weighted by Gasteiger charge is 2.23. The first-order chi connectivity index (χ1) is 20.5. The third-order valence-electron chi connectivity index (χ3n) is 7.49. The number of benzene rings is 2. The number of hydrogen-bond acceptors (Lipinski definition) is 6. The number of nitrogen functional groups attached to an aromatic ring is 1. The smallest absolute Gasteiger partial charge is 0.259 e. The molecule has 4 aromatic rings. The molecule has 1 fully saturated rings. The number of pyridine rings is 1. The van der Waals surface area contributed by atoms with Gasteiger partial charge in [-0.2, -0.15) is 0 Å². The van der Waals surface area contributed by atoms with Gasteiger partial charge in [-0.05, 0) is 61.7 Å². The molecule has 3 heterocycles. The van der Waals surface area contributed by atoms with Crippen LogP contribution in [0.4, 0.5) is 14.5 Å². The summed E-state index contributed by atoms with van der Waals surface area (Å²) >= 11 is 0. The van der Waals surface area contributed by atoms with E-state index in [2.05, 4.69) is 19.6 Å². The van der Waals surface area contributed by atoms with Crippen molar-refractivity contribution in [2.75, 3.05) is 18.9 Å². The van der Waals surface area contributed by atoms with E-state index in [0.717, 1.165) is 43.1 Å². The summed E-state index contributed by atoms with van der Waals surface area (Å²) in [6, 6.07) is 10.9. The van der Waals surface area contributed by atoms with Gasteiger partial charge < -0.3 is 33.8 Å². The van der Waals surface area contributed by atoms with Crippen molar-refractivity contribution >= 4 is 24.7 Å². The fraction of sp³-hybridized carbons (Fsp3) is 0.406. The molecule has 2 aromatic heterocycles. The number of fused-ring (bicyclic) bond motifs is 1. The van der Waals surface area contributed by atoms with Crippen molar-refractivity contribution in [1.29, 1.82) is 0 Å². The van der Waals surface area contributed by atoms with Crippen LogP contribution in [0.3, 0.4) is 0 Å². The van der Waals surface area contributed by atoms with Crippen LogP contribution in [0, 0.1) is 11.6 Å². The molecule has 0 amide bonds. The Morgan fingerprint density at radius 3 is 2.56 bits per heavy atom. The van der Waals surface area contributed by atoms with E-state index in [0.29, 0.717) is 46.7 Å². The Morgan fingerprint density at radius 1 is 1.05 bits per heavy atom. The second-order valence-electron chi connectivity index (χ2n) is 12.2. The number of rotatable bonds is 11. The molecular weight excluding hydrogens is 572 g/mol. The number of ether oxygens (including phenoxy) is 4. The van der Waals surface area contributed by atoms with Crippen molar-refractivity contribution in [3.63, 3.8) is 0 Å². The Labute approximate surface area is 250 Å². The zero-order valence-corrected chi connectivity index (χ0v) is 26.1. The molecule has 2 N–H and O–H groups in total. The number of anilines is 1. The van der Waals surface area contributed by atoms with Gasteiger partial charge in [-0.1, -0.05) is 19.6 Å². The second-order valence-corrected chi connectivity index (χ2v) is 17.8. The summed E-state index contributed by atoms with van der Waals surface area (Å²) in [5.41, 5.74) is 9.04. The van der Waals surface area contributed by atoms with Crippen LogP contribution in [0.2, 0.25) is 25.7 Å². The average molecular weight is 612 g/mol. The number of hydrogen-bond donors (Lipinski definition) is 1. The van der Waals surface area contributed by atoms with E-state index in [1.54, 1.807) is 31.4 Å². The average Bonchev–Trinajstić information content (AvgIpc) is 3.33. The lowest BCUT2D eigenvalue weighted by Crippen LogP contribution is -2.23. The van der Waals surface area contributed by atoms with Crippen LogP contribution in [0.5, 0.6) is 11.5 Å². The molecule has 11 heteroatoms. The SMILES string of the molecule is Cn1cc(-c2cc(N)ccc2Oc2ccc(F)cc2F)c2c(cc(COC3CCCCO3)n2COCC[Si](C)(C)C)c1=O. The topological polar surface area (TPSA) is 89.9 Å². The predicted octanol–water partition coefficient (Wildman–Crippen LogP) is 7.02. The van der Waals surface area contributed by atoms with E-state index >= 15 is 0 Å². The van der Waals surface area contributed by atoms with Crippen LogP contribution in [0.25, 0.3) is 22.0 Å². The zero-order valence-electron chi connectivity index (χ0n) is 25.1. The lowest BCUT2D eigenvalue weighted by Gasteiger charge is -2.23. The van der Waals surface area contributed by atoms with Crippen LogP contribution >= 0.6 is 0 Å². The molecule has 0 bridgehead atoms. The molecule has 0 saturated carbocycles. The molecule has 1 unspecified atom stereocenters. The van der Waals surface area contributed by atoms with Gasteiger partial charge in [0, 0.05) is 63.1 Å². The van der Waals surface area contributed by atoms with Crippen molar-refractivity contribution in [1.82, 2.24) is 9.13 Å². The summed E-state index contributed by atoms with van der Waals surface area (Å²) in [6.45, 7) is 8.53. The Kier molecular flexibility index (Phi) is 9.35. The van der Waals surface area contributed by atoms with Gasteiger partial charge in [0.25, 0.3) is 5.56 Å². The van der Waals surface area contributed by atoms with E-state index in [4.69, 9.17) is 24.7 Å². The molecule has 1 atom stereocenters. The third-order valence-corrected chi connectivity index (χ3v) is 9.19. The van der Waals surface area contributed by atoms with Crippen LogP contribution in [0.1, 0.15) is 25.0 Å². The van der Waals surface area contributed by atoms with Gasteiger partial charge in [-0.25, -0.2) is 8.78 Å². The predicted molar refractivity (Wildman–Crippen MR) is 166 cm³/mol. The standard InChI is InChI=1S/C32H39F2N3O5Si/c1-36-18-26(24-16-22(35)9-11-28(24)42-29-10-8-21(33)15-27(29)34)31-25(32(36)38)17-23(19-41-30-7-5-6-12-40-30)37(31)20-39-13-14-43(2,3)4/h8-11,15-18,30H,5-7,12-14,19-20,35H2,1-4H3. The van der Waals surface area contributed by atoms with Gasteiger partial charge in [0.15, 0.2) is 17.9 Å². The minimum atomic E-state index is -1.34. The lowest BCUT2D eigenvalue weighted by atomic mass is 10.0. The first-order valence-corrected chi connectivity index (χ1v) is 18.3. The van der Waals surface area contributed by atoms with Crippen molar-refractivity contribution < 1.29 is 27.7 Å². The number of aromatic nitrogens is 2. The molecule has 1 saturated heterocycles. The van der Waals surface area contributed by atoms with E-state index < -0.39 is 19.7 Å². The molecule has 1 aliphatic rings. The van der Waals surface area contributed by atoms with Gasteiger partial charge >= 0.3 is 0 Å². The van der Waals surface area contributed by atoms with E-state index in [9.17, 15) is 13.6 Å². The third kappa shape index (κ3) is 7.35. The maximum atomic E-state index is 14.6. The molecule has 43 heavy (non-hydrogen) atoms. The number of halogens is 2. The van der Waals surface area contributed by atoms with Gasteiger partial charge in [0.05, 0.1) is 17.5 Å². The largest absolute Gasteiger partial charge is 0.454 e. The second kappa shape index (κ2) is 13.0. The minimum Gasteiger partial charge on any atom is -0.454 e. The summed E-state index contributed by atoms with van der Waals surface area (Å²) in [5.74, 6) is -1.39. The highest BCUT2D eigenvalue weighted by Crippen LogP contribution is 2.39. The molecular formula is C32H39F2N3O5Si. The molecule has 230 valence electrons. The molecule has 8 nitrogen and oxygen atoms in total. The van der Waals surface area contributed by atoms with Crippen molar-refractivity contribution in [3.05, 3.63) is 76.3 Å². The fourth-order valence-corrected chi connectivity index (χ4v) is 5.86. The molecule has 0 aliphatic carbocycles. The van der Waals surface area contributed by atoms with Crippen molar-refractivity contribution in [2.24, 2.45) is 7.05 Å². The van der Waals surface area contributed by atoms with E-state index in [1.165, 1.54) is 10.6 Å². The summed E-state index contributed by atoms with van der Waals surface area (Å²) < 4.78 is 55.7. The molecule has 2 aromatic carbocycles. The van der Waals surface area contributed by atoms with Crippen LogP contribution in [0.15, 0.2) is 53.5 Å². The molecule has 0 radical (unpaired) electrons. The zero-order chi connectivity index (χ0) is 30.7. The maximum Gasteiger partial charge on any atom is 0.259 e. The summed E-state index contributed by atoms with van der Waals surface area (Å²) in [5, 5.41) is 0.471. The normalized spacial score (nSPS) is 15.7. The highest BCUT2D eigenvalue weighted by atomic mass is 28.3. The number of nitrogens with two attached hydrogens (primary N) is 1. The maximum absolute atomic E-state index is 14.6. The van der Waals surface area contributed by atoms with Crippen molar-refractivity contribution in [3.8, 4) is 22.6 Å². The van der Waals surface area contributed by atoms with Crippen molar-refractivity contribution in [2.45, 2.75) is 64.6 Å². The summed E-state index contributed by atoms with van der Waals surface area (Å²) in [6.07, 6.45) is 4.25. The lowest BCUT2D eigenvalue weighted by molar-refractivity contribution is -0.170. The molecule has 0 spiro atoms. The number of nitrogens with zero attached hydrogens (tertiary/aromatic N) is 2. The highest BCUT2D eigenvalue weighted by molar-refractivity contribution is 6.76. The van der Waals surface area contributed by atoms with Gasteiger partial charge in [0.2, 0.25) is 0 Å². The Bertz CT molecular complexity index is 1660.